The second-order valence-corrected chi connectivity index (χ2v) is 9.88. The lowest BCUT2D eigenvalue weighted by Gasteiger charge is -2.24. The fourth-order valence-corrected chi connectivity index (χ4v) is 4.88. The number of hydrogen-bond acceptors (Lipinski definition) is 4. The van der Waals surface area contributed by atoms with Gasteiger partial charge in [-0.3, -0.25) is 4.79 Å². The summed E-state index contributed by atoms with van der Waals surface area (Å²) < 4.78 is 17.3. The van der Waals surface area contributed by atoms with E-state index >= 15 is 0 Å². The first kappa shape index (κ1) is 25.9. The second kappa shape index (κ2) is 11.2. The molecule has 0 aromatic heterocycles. The van der Waals surface area contributed by atoms with Crippen molar-refractivity contribution in [2.75, 3.05) is 27.7 Å². The van der Waals surface area contributed by atoms with Crippen LogP contribution < -0.4 is 20.3 Å². The van der Waals surface area contributed by atoms with E-state index in [1.165, 1.54) is 24.1 Å². The molecule has 1 saturated heterocycles. The second-order valence-electron chi connectivity index (χ2n) is 8.83. The van der Waals surface area contributed by atoms with Crippen molar-refractivity contribution in [3.05, 3.63) is 77.1 Å². The lowest BCUT2D eigenvalue weighted by molar-refractivity contribution is -0.118. The molecule has 36 heavy (non-hydrogen) atoms. The van der Waals surface area contributed by atoms with Gasteiger partial charge in [-0.1, -0.05) is 61.7 Å². The van der Waals surface area contributed by atoms with Gasteiger partial charge in [-0.25, -0.2) is 9.18 Å². The summed E-state index contributed by atoms with van der Waals surface area (Å²) in [6.45, 7) is 4.67. The van der Waals surface area contributed by atoms with Crippen LogP contribution in [0.25, 0.3) is 11.1 Å². The van der Waals surface area contributed by atoms with E-state index in [1.54, 1.807) is 4.90 Å². The van der Waals surface area contributed by atoms with Crippen LogP contribution in [0.4, 0.5) is 26.2 Å². The van der Waals surface area contributed by atoms with Crippen LogP contribution in [-0.4, -0.2) is 30.8 Å². The van der Waals surface area contributed by atoms with Crippen molar-refractivity contribution in [1.29, 1.82) is 0 Å². The van der Waals surface area contributed by atoms with Crippen molar-refractivity contribution in [1.82, 2.24) is 5.32 Å². The standard InChI is InChI=1S/C27H28ClFN4O2S/c1-16(2)20-14-17(19-6-4-5-7-22(19)32-36-3)8-11-25(20)33-13-12-24(26(33)34)31-27(35)30-23-10-9-18(28)15-21(23)29/h4-11,14-16,24,32H,12-13H2,1-3H3,(H2,30,31,35). The summed E-state index contributed by atoms with van der Waals surface area (Å²) in [7, 11) is 0. The number of rotatable bonds is 7. The predicted octanol–water partition coefficient (Wildman–Crippen LogP) is 6.89. The number of carbonyl (C=O) groups excluding carboxylic acids is 2. The van der Waals surface area contributed by atoms with Crippen molar-refractivity contribution in [3.63, 3.8) is 0 Å². The molecule has 0 radical (unpaired) electrons. The highest BCUT2D eigenvalue weighted by Gasteiger charge is 2.35. The highest BCUT2D eigenvalue weighted by atomic mass is 35.5. The molecule has 1 atom stereocenters. The van der Waals surface area contributed by atoms with Crippen LogP contribution in [0.15, 0.2) is 60.7 Å². The molecule has 188 valence electrons. The van der Waals surface area contributed by atoms with Gasteiger partial charge in [0.25, 0.3) is 0 Å². The lowest BCUT2D eigenvalue weighted by atomic mass is 9.94. The summed E-state index contributed by atoms with van der Waals surface area (Å²) in [6, 6.07) is 16.9. The molecule has 3 aromatic carbocycles. The SMILES string of the molecule is CSNc1ccccc1-c1ccc(N2CCC(NC(=O)Nc3ccc(Cl)cc3F)C2=O)c(C(C)C)c1. The summed E-state index contributed by atoms with van der Waals surface area (Å²) in [4.78, 5) is 27.4. The Bertz CT molecular complexity index is 1290. The van der Waals surface area contributed by atoms with Crippen LogP contribution in [0.3, 0.4) is 0 Å². The van der Waals surface area contributed by atoms with Crippen LogP contribution in [0.5, 0.6) is 0 Å². The number of nitrogens with one attached hydrogen (secondary N) is 3. The summed E-state index contributed by atoms with van der Waals surface area (Å²) in [6.07, 6.45) is 2.43. The Morgan fingerprint density at radius 1 is 1.11 bits per heavy atom. The van der Waals surface area contributed by atoms with Gasteiger partial charge in [0, 0.05) is 29.1 Å². The molecule has 3 N–H and O–H groups in total. The topological polar surface area (TPSA) is 73.5 Å². The molecule has 0 bridgehead atoms. The smallest absolute Gasteiger partial charge is 0.319 e. The van der Waals surface area contributed by atoms with E-state index < -0.39 is 17.9 Å². The molecule has 3 amide bonds. The van der Waals surface area contributed by atoms with E-state index in [2.05, 4.69) is 41.3 Å². The van der Waals surface area contributed by atoms with Crippen molar-refractivity contribution < 1.29 is 14.0 Å². The van der Waals surface area contributed by atoms with Gasteiger partial charge in [-0.05, 0) is 59.9 Å². The van der Waals surface area contributed by atoms with E-state index in [0.29, 0.717) is 13.0 Å². The minimum absolute atomic E-state index is 0.00636. The summed E-state index contributed by atoms with van der Waals surface area (Å²) >= 11 is 7.30. The summed E-state index contributed by atoms with van der Waals surface area (Å²) in [5, 5.41) is 5.36. The maximum absolute atomic E-state index is 14.0. The number of anilines is 3. The minimum atomic E-state index is -0.702. The fraction of sp³-hybridized carbons (Fsp3) is 0.259. The van der Waals surface area contributed by atoms with Gasteiger partial charge in [-0.2, -0.15) is 0 Å². The van der Waals surface area contributed by atoms with Crippen LogP contribution in [0.1, 0.15) is 31.7 Å². The number of amides is 3. The molecule has 9 heteroatoms. The number of urea groups is 1. The molecule has 1 unspecified atom stereocenters. The Morgan fingerprint density at radius 3 is 2.61 bits per heavy atom. The number of halogens is 2. The predicted molar refractivity (Wildman–Crippen MR) is 147 cm³/mol. The Kier molecular flexibility index (Phi) is 8.06. The third-order valence-electron chi connectivity index (χ3n) is 6.08. The molecule has 1 fully saturated rings. The average Bonchev–Trinajstić information content (AvgIpc) is 3.20. The van der Waals surface area contributed by atoms with E-state index in [9.17, 15) is 14.0 Å². The number of para-hydroxylation sites is 1. The summed E-state index contributed by atoms with van der Waals surface area (Å²) in [5.74, 6) is -0.662. The van der Waals surface area contributed by atoms with Gasteiger partial charge in [0.1, 0.15) is 11.9 Å². The Hall–Kier alpha value is -3.23. The molecule has 6 nitrogen and oxygen atoms in total. The van der Waals surface area contributed by atoms with Crippen molar-refractivity contribution >= 4 is 52.5 Å². The van der Waals surface area contributed by atoms with Crippen molar-refractivity contribution in [3.8, 4) is 11.1 Å². The molecule has 1 aliphatic rings. The van der Waals surface area contributed by atoms with Crippen LogP contribution in [0, 0.1) is 5.82 Å². The Labute approximate surface area is 219 Å². The molecule has 0 aliphatic carbocycles. The number of nitrogens with zero attached hydrogens (tertiary/aromatic N) is 1. The normalized spacial score (nSPS) is 15.3. The van der Waals surface area contributed by atoms with Gasteiger partial charge >= 0.3 is 6.03 Å². The third kappa shape index (κ3) is 5.60. The van der Waals surface area contributed by atoms with Crippen molar-refractivity contribution in [2.45, 2.75) is 32.2 Å². The molecule has 0 spiro atoms. The maximum atomic E-state index is 14.0. The van der Waals surface area contributed by atoms with Crippen molar-refractivity contribution in [2.24, 2.45) is 0 Å². The van der Waals surface area contributed by atoms with E-state index in [0.717, 1.165) is 34.1 Å². The fourth-order valence-electron chi connectivity index (χ4n) is 4.32. The first-order valence-corrected chi connectivity index (χ1v) is 13.2. The monoisotopic (exact) mass is 526 g/mol. The minimum Gasteiger partial charge on any atom is -0.329 e. The zero-order valence-corrected chi connectivity index (χ0v) is 21.8. The van der Waals surface area contributed by atoms with E-state index in [-0.39, 0.29) is 22.5 Å². The Morgan fingerprint density at radius 2 is 1.89 bits per heavy atom. The van der Waals surface area contributed by atoms with Gasteiger partial charge in [-0.15, -0.1) is 0 Å². The lowest BCUT2D eigenvalue weighted by Crippen LogP contribution is -2.43. The molecule has 3 aromatic rings. The quantitative estimate of drug-likeness (QED) is 0.293. The molecular weight excluding hydrogens is 499 g/mol. The highest BCUT2D eigenvalue weighted by Crippen LogP contribution is 2.37. The molecular formula is C27H28ClFN4O2S. The molecule has 1 aliphatic heterocycles. The zero-order valence-electron chi connectivity index (χ0n) is 20.3. The molecule has 1 heterocycles. The first-order valence-electron chi connectivity index (χ1n) is 11.6. The third-order valence-corrected chi connectivity index (χ3v) is 6.74. The van der Waals surface area contributed by atoms with Gasteiger partial charge in [0.2, 0.25) is 5.91 Å². The summed E-state index contributed by atoms with van der Waals surface area (Å²) in [5.41, 5.74) is 5.05. The maximum Gasteiger partial charge on any atom is 0.319 e. The van der Waals surface area contributed by atoms with Gasteiger partial charge < -0.3 is 20.3 Å². The largest absolute Gasteiger partial charge is 0.329 e. The van der Waals surface area contributed by atoms with Gasteiger partial charge in [0.05, 0.1) is 11.4 Å². The van der Waals surface area contributed by atoms with Crippen LogP contribution in [0.2, 0.25) is 5.02 Å². The number of carbonyl (C=O) groups is 2. The first-order chi connectivity index (χ1) is 17.3. The van der Waals surface area contributed by atoms with E-state index in [4.69, 9.17) is 11.6 Å². The number of benzene rings is 3. The van der Waals surface area contributed by atoms with Crippen LogP contribution >= 0.6 is 23.5 Å². The Balaban J connectivity index is 1.52. The van der Waals surface area contributed by atoms with E-state index in [1.807, 2.05) is 36.6 Å². The molecule has 0 saturated carbocycles. The van der Waals surface area contributed by atoms with Crippen LogP contribution in [-0.2, 0) is 4.79 Å². The zero-order chi connectivity index (χ0) is 25.8. The van der Waals surface area contributed by atoms with Gasteiger partial charge in [0.15, 0.2) is 0 Å². The number of hydrogen-bond donors (Lipinski definition) is 3. The molecule has 4 rings (SSSR count). The highest BCUT2D eigenvalue weighted by molar-refractivity contribution is 7.99. The average molecular weight is 527 g/mol.